The van der Waals surface area contributed by atoms with Crippen LogP contribution in [0, 0.1) is 6.07 Å². The van der Waals surface area contributed by atoms with Crippen LogP contribution in [-0.4, -0.2) is 73.6 Å². The van der Waals surface area contributed by atoms with Gasteiger partial charge in [0.25, 0.3) is 0 Å². The number of pyridine rings is 4. The Balaban J connectivity index is 0.000000124. The van der Waals surface area contributed by atoms with Crippen LogP contribution in [0.4, 0.5) is 17.1 Å². The molecule has 13 nitrogen and oxygen atoms in total. The zero-order chi connectivity index (χ0) is 100. The molecule has 26 rings (SSSR count). The van der Waals surface area contributed by atoms with Crippen molar-refractivity contribution in [1.29, 1.82) is 0 Å². The first kappa shape index (κ1) is 98.2. The van der Waals surface area contributed by atoms with E-state index in [1.54, 1.807) is 24.8 Å². The first-order chi connectivity index (χ1) is 72.3. The number of aliphatic hydroxyl groups is 1. The van der Waals surface area contributed by atoms with Crippen LogP contribution in [0.15, 0.2) is 510 Å². The fraction of sp³-hybridized carbons (Fsp3) is 0.0458. The van der Waals surface area contributed by atoms with E-state index in [9.17, 15) is 4.79 Å². The molecular formula is C131H100AlBIrN8O5P-. The second kappa shape index (κ2) is 45.0. The number of hydrogen-bond donors (Lipinski definition) is 1. The number of aliphatic hydroxyl groups excluding tert-OH is 1. The van der Waals surface area contributed by atoms with Crippen LogP contribution in [0.25, 0.3) is 171 Å². The van der Waals surface area contributed by atoms with Crippen LogP contribution in [-0.2, 0) is 30.3 Å². The van der Waals surface area contributed by atoms with Gasteiger partial charge in [-0.25, -0.2) is 0 Å². The maximum absolute atomic E-state index is 10.0. The van der Waals surface area contributed by atoms with Crippen LogP contribution in [0.5, 0.6) is 17.2 Å². The summed E-state index contributed by atoms with van der Waals surface area (Å²) in [6.07, 6.45) is 8.19. The minimum absolute atomic E-state index is 0. The number of benzene rings is 18. The van der Waals surface area contributed by atoms with Crippen molar-refractivity contribution < 1.29 is 41.4 Å². The molecule has 3 radical (unpaired) electrons. The smallest absolute Gasteiger partial charge is 0.576 e. The Labute approximate surface area is 882 Å². The van der Waals surface area contributed by atoms with E-state index in [1.165, 1.54) is 158 Å². The molecule has 1 unspecified atom stereocenters. The van der Waals surface area contributed by atoms with Crippen molar-refractivity contribution in [1.82, 2.24) is 33.6 Å². The molecule has 17 heteroatoms. The molecule has 0 amide bonds. The Morgan fingerprint density at radius 2 is 0.703 bits per heavy atom. The second-order valence-electron chi connectivity index (χ2n) is 36.2. The van der Waals surface area contributed by atoms with Crippen LogP contribution in [0.1, 0.15) is 38.8 Å². The molecule has 1 aliphatic rings. The topological polar surface area (TPSA) is 135 Å². The summed E-state index contributed by atoms with van der Waals surface area (Å²) in [5.41, 5.74) is 31.1. The van der Waals surface area contributed by atoms with Crippen LogP contribution >= 0.6 is 9.24 Å². The molecule has 25 aromatic rings. The average molecular weight is 2130 g/mol. The number of carbonyl (C=O) groups excluding carboxylic acids is 1. The monoisotopic (exact) mass is 2130 g/mol. The summed E-state index contributed by atoms with van der Waals surface area (Å²) in [7, 11) is 7.17. The number of carbonyl (C=O) groups is 1. The van der Waals surface area contributed by atoms with E-state index in [0.29, 0.717) is 23.3 Å². The Hall–Kier alpha value is -17.2. The molecule has 0 bridgehead atoms. The summed E-state index contributed by atoms with van der Waals surface area (Å²) < 4.78 is 26.3. The number of rotatable bonds is 17. The standard InChI is InChI=1S/C51H38N2.C36H24N2.C11H8N.3C9H7NO.C5H8O2.CH4BP.Al.Ir/c1-51(2)47-19-11-9-17-43(47)44-31-30-42(34-48(44)51)52(40-26-21-36(22-27-40)35-13-5-3-6-14-35)41-28-23-37(24-29-41)38-25-32-50-46(33-38)45-18-10-12-20-49(45)53(50)39-15-7-4-8-16-39;1-5-13-33-29(9-1)30-10-2-6-14-34(30)37(33)27-21-17-25(18-22-27)26-19-23-28(24-20-26)38-35-15-7-3-11-31(35)32-12-4-8-16-36(32)38;1-2-6-10(7-3-1)11-8-4-5-9-12-11;3*11-8-5-1-3-7-4-2-6-10-9(7)8;1-4(6)3-5(2)7;2-1-3;;/h3-34H,1-2H3;1-24H;1-6,8-9H;3*1-6,11H;3,6H,1-2H3;1,3H2;;/q;;-1;;;;;;+3;/p-3. The summed E-state index contributed by atoms with van der Waals surface area (Å²) in [5.74, 6) is 1.76. The SMILES string of the molecule is CC(=O)C=C(C)O.CC1(C)c2ccccc2-c2ccc(N(c3ccc(-c4ccccc4)cc3)c3ccc(-c4ccc5c(c4)c4ccccc4n5-c4ccccc4)cc3)cc21.[B]CP.[Ir].[c-]1ccccc1-c1ccccn1.c1ccc2c(c1)c1ccccc1n2-c1ccc(-c2ccc(-n3c4ccccc4c4ccccc43)cc2)cc1.c1cnc2c([O][Al]([O]c3cccc4cccnc34)[O]c3cccc4cccnc34)cccc2c1. The minimum atomic E-state index is -2.86. The number of ketones is 1. The van der Waals surface area contributed by atoms with Gasteiger partial charge in [-0.05, 0) is 233 Å². The van der Waals surface area contributed by atoms with Crippen molar-refractivity contribution in [2.45, 2.75) is 33.1 Å². The van der Waals surface area contributed by atoms with Crippen LogP contribution < -0.4 is 16.3 Å². The van der Waals surface area contributed by atoms with E-state index in [2.05, 4.69) is 407 Å². The van der Waals surface area contributed by atoms with E-state index in [0.717, 1.165) is 61.0 Å². The number of hydrogen-bond acceptors (Lipinski definition) is 10. The van der Waals surface area contributed by atoms with Gasteiger partial charge in [0.1, 0.15) is 33.8 Å². The van der Waals surface area contributed by atoms with E-state index in [1.807, 2.05) is 133 Å². The molecule has 18 aromatic carbocycles. The van der Waals surface area contributed by atoms with E-state index >= 15 is 0 Å². The molecule has 0 saturated heterocycles. The third-order valence-electron chi connectivity index (χ3n) is 26.5. The van der Waals surface area contributed by atoms with Gasteiger partial charge in [-0.3, -0.25) is 19.7 Å². The molecule has 1 atom stereocenters. The Bertz CT molecular complexity index is 8540. The quantitative estimate of drug-likeness (QED) is 0.0309. The largest absolute Gasteiger partial charge is 1.20 e. The molecule has 0 saturated carbocycles. The van der Waals surface area contributed by atoms with Crippen molar-refractivity contribution >= 4 is 153 Å². The van der Waals surface area contributed by atoms with Gasteiger partial charge in [0, 0.05) is 139 Å². The van der Waals surface area contributed by atoms with Crippen molar-refractivity contribution in [3.05, 3.63) is 527 Å². The molecule has 1 N–H and O–H groups in total. The molecule has 7 heterocycles. The second-order valence-corrected chi connectivity index (χ2v) is 38.0. The number of para-hydroxylation sites is 9. The first-order valence-electron chi connectivity index (χ1n) is 49.0. The van der Waals surface area contributed by atoms with Crippen LogP contribution in [0.2, 0.25) is 0 Å². The Morgan fingerprint density at radius 1 is 0.351 bits per heavy atom. The molecule has 7 aromatic heterocycles. The summed E-state index contributed by atoms with van der Waals surface area (Å²) in [6.45, 7) is 7.55. The van der Waals surface area contributed by atoms with E-state index < -0.39 is 15.1 Å². The van der Waals surface area contributed by atoms with E-state index in [4.69, 9.17) is 24.3 Å². The molecular weight excluding hydrogens is 2030 g/mol. The van der Waals surface area contributed by atoms with Gasteiger partial charge in [-0.1, -0.05) is 311 Å². The minimum Gasteiger partial charge on any atom is -0.576 e. The van der Waals surface area contributed by atoms with Gasteiger partial charge in [-0.2, -0.15) is 0 Å². The predicted molar refractivity (Wildman–Crippen MR) is 613 cm³/mol. The summed E-state index contributed by atoms with van der Waals surface area (Å²) >= 11 is -2.86. The van der Waals surface area contributed by atoms with Crippen molar-refractivity contribution in [3.8, 4) is 90.1 Å². The Kier molecular flexibility index (Phi) is 29.9. The Morgan fingerprint density at radius 3 is 1.13 bits per heavy atom. The number of allylic oxidation sites excluding steroid dienone is 2. The number of nitrogens with zero attached hydrogens (tertiary/aromatic N) is 8. The molecule has 0 fully saturated rings. The first-order valence-corrected chi connectivity index (χ1v) is 51.2. The summed E-state index contributed by atoms with van der Waals surface area (Å²) in [4.78, 5) is 30.2. The third kappa shape index (κ3) is 20.8. The fourth-order valence-corrected chi connectivity index (χ4v) is 21.1. The van der Waals surface area contributed by atoms with Crippen molar-refractivity contribution in [2.24, 2.45) is 0 Å². The van der Waals surface area contributed by atoms with Crippen LogP contribution in [0.3, 0.4) is 0 Å². The van der Waals surface area contributed by atoms with Gasteiger partial charge in [0.15, 0.2) is 5.78 Å². The normalized spacial score (nSPS) is 11.6. The third-order valence-corrected chi connectivity index (χ3v) is 27.8. The maximum Gasteiger partial charge on any atom is 1.20 e. The summed E-state index contributed by atoms with van der Waals surface area (Å²) in [6, 6.07) is 170. The zero-order valence-electron chi connectivity index (χ0n) is 81.9. The van der Waals surface area contributed by atoms with E-state index in [-0.39, 0.29) is 37.1 Å². The maximum atomic E-state index is 10.0. The van der Waals surface area contributed by atoms with Gasteiger partial charge in [0.2, 0.25) is 0 Å². The molecule has 0 aliphatic heterocycles. The number of fused-ring (bicyclic) bond motifs is 15. The number of aromatic nitrogens is 7. The van der Waals surface area contributed by atoms with Gasteiger partial charge < -0.3 is 40.1 Å². The van der Waals surface area contributed by atoms with Crippen molar-refractivity contribution in [3.63, 3.8) is 0 Å². The number of anilines is 3. The molecule has 0 spiro atoms. The molecule has 148 heavy (non-hydrogen) atoms. The average Bonchev–Trinajstić information content (AvgIpc) is 1.58. The predicted octanol–water partition coefficient (Wildman–Crippen LogP) is 32.9. The van der Waals surface area contributed by atoms with Crippen molar-refractivity contribution in [2.75, 3.05) is 11.0 Å². The summed E-state index contributed by atoms with van der Waals surface area (Å²) in [5, 5.41) is 19.0. The molecule has 1 aliphatic carbocycles. The zero-order valence-corrected chi connectivity index (χ0v) is 86.6. The van der Waals surface area contributed by atoms with Gasteiger partial charge in [-0.15, -0.1) is 45.1 Å². The van der Waals surface area contributed by atoms with Gasteiger partial charge in [0.05, 0.1) is 46.7 Å². The molecule has 715 valence electrons. The fourth-order valence-electron chi connectivity index (χ4n) is 19.8. The van der Waals surface area contributed by atoms with Gasteiger partial charge >= 0.3 is 15.1 Å².